The van der Waals surface area contributed by atoms with Crippen molar-refractivity contribution in [2.24, 2.45) is 11.8 Å². The topological polar surface area (TPSA) is 86.4 Å². The molecule has 7 nitrogen and oxygen atoms in total. The third-order valence-corrected chi connectivity index (χ3v) is 7.34. The molecule has 1 aliphatic heterocycles. The number of thioether (sulfide) groups is 1. The van der Waals surface area contributed by atoms with E-state index in [1.165, 1.54) is 6.92 Å². The molecule has 0 aromatic heterocycles. The number of hydrogen-bond donors (Lipinski definition) is 1. The number of esters is 1. The van der Waals surface area contributed by atoms with Crippen LogP contribution in [0.2, 0.25) is 0 Å². The Morgan fingerprint density at radius 3 is 2.47 bits per heavy atom. The maximum absolute atomic E-state index is 13.0. The van der Waals surface area contributed by atoms with Gasteiger partial charge in [0.2, 0.25) is 5.91 Å². The van der Waals surface area contributed by atoms with Gasteiger partial charge in [-0.3, -0.25) is 4.79 Å². The zero-order chi connectivity index (χ0) is 23.9. The van der Waals surface area contributed by atoms with E-state index in [0.29, 0.717) is 25.4 Å². The van der Waals surface area contributed by atoms with Crippen molar-refractivity contribution < 1.29 is 28.5 Å². The maximum atomic E-state index is 13.0. The van der Waals surface area contributed by atoms with Crippen molar-refractivity contribution in [3.63, 3.8) is 0 Å². The summed E-state index contributed by atoms with van der Waals surface area (Å²) in [4.78, 5) is 24.6. The van der Waals surface area contributed by atoms with E-state index in [0.717, 1.165) is 25.0 Å². The smallest absolute Gasteiger partial charge is 0.329 e. The SMILES string of the molecule is CCO[C@@H]1CCC(OC(=O)C(CCSC)NC(C)=O)[C@@H](OC)C1C1(C)O[C@@H]1CCC(C)C. The summed E-state index contributed by atoms with van der Waals surface area (Å²) in [5, 5.41) is 2.74. The second-order valence-corrected chi connectivity index (χ2v) is 10.6. The molecule has 0 bridgehead atoms. The second-order valence-electron chi connectivity index (χ2n) is 9.57. The lowest BCUT2D eigenvalue weighted by atomic mass is 9.72. The fourth-order valence-corrected chi connectivity index (χ4v) is 5.46. The van der Waals surface area contributed by atoms with Gasteiger partial charge in [-0.2, -0.15) is 11.8 Å². The van der Waals surface area contributed by atoms with Gasteiger partial charge in [0, 0.05) is 26.6 Å². The molecule has 1 aliphatic carbocycles. The van der Waals surface area contributed by atoms with Crippen LogP contribution in [0.5, 0.6) is 0 Å². The first-order valence-corrected chi connectivity index (χ1v) is 13.4. The van der Waals surface area contributed by atoms with Crippen LogP contribution in [0.3, 0.4) is 0 Å². The molecule has 2 aliphatic rings. The van der Waals surface area contributed by atoms with Gasteiger partial charge >= 0.3 is 5.97 Å². The first-order chi connectivity index (χ1) is 15.2. The molecule has 1 amide bonds. The summed E-state index contributed by atoms with van der Waals surface area (Å²) in [7, 11) is 1.67. The van der Waals surface area contributed by atoms with E-state index in [9.17, 15) is 9.59 Å². The Labute approximate surface area is 198 Å². The Morgan fingerprint density at radius 1 is 1.22 bits per heavy atom. The van der Waals surface area contributed by atoms with Crippen LogP contribution in [0.15, 0.2) is 0 Å². The Kier molecular flexibility index (Phi) is 10.8. The molecule has 186 valence electrons. The number of carbonyl (C=O) groups is 2. The zero-order valence-corrected chi connectivity index (χ0v) is 21.7. The standard InChI is InChI=1S/C24H43NO6S/c1-8-29-18-10-11-19(30-23(27)17(13-14-32-7)25-16(4)26)22(28-6)21(18)24(5)20(31-24)12-9-15(2)3/h15,17-22H,8-14H2,1-7H3,(H,25,26)/t17?,18-,19?,20-,21?,22-,24?/m1/s1. The van der Waals surface area contributed by atoms with Gasteiger partial charge in [-0.05, 0) is 63.9 Å². The highest BCUT2D eigenvalue weighted by atomic mass is 32.2. The van der Waals surface area contributed by atoms with Crippen LogP contribution in [0.25, 0.3) is 0 Å². The summed E-state index contributed by atoms with van der Waals surface area (Å²) in [6.07, 6.45) is 5.50. The maximum Gasteiger partial charge on any atom is 0.329 e. The number of methoxy groups -OCH3 is 1. The van der Waals surface area contributed by atoms with Gasteiger partial charge in [0.05, 0.1) is 17.8 Å². The highest BCUT2D eigenvalue weighted by molar-refractivity contribution is 7.98. The molecule has 1 heterocycles. The summed E-state index contributed by atoms with van der Waals surface area (Å²) < 4.78 is 24.3. The van der Waals surface area contributed by atoms with Crippen molar-refractivity contribution in [3.05, 3.63) is 0 Å². The molecule has 2 rings (SSSR count). The molecule has 1 N–H and O–H groups in total. The van der Waals surface area contributed by atoms with E-state index in [1.54, 1.807) is 18.9 Å². The molecule has 4 unspecified atom stereocenters. The van der Waals surface area contributed by atoms with Crippen LogP contribution in [0, 0.1) is 11.8 Å². The molecule has 0 spiro atoms. The molecule has 8 heteroatoms. The number of rotatable bonds is 13. The Balaban J connectivity index is 2.15. The molecule has 0 radical (unpaired) electrons. The minimum Gasteiger partial charge on any atom is -0.458 e. The van der Waals surface area contributed by atoms with Crippen molar-refractivity contribution >= 4 is 23.6 Å². The van der Waals surface area contributed by atoms with E-state index in [1.807, 2.05) is 13.2 Å². The predicted molar refractivity (Wildman–Crippen MR) is 127 cm³/mol. The average Bonchev–Trinajstić information content (AvgIpc) is 3.40. The average molecular weight is 474 g/mol. The fourth-order valence-electron chi connectivity index (χ4n) is 4.99. The quantitative estimate of drug-likeness (QED) is 0.323. The molecule has 1 saturated heterocycles. The third kappa shape index (κ3) is 7.08. The number of nitrogens with one attached hydrogen (secondary N) is 1. The van der Waals surface area contributed by atoms with E-state index < -0.39 is 18.1 Å². The second kappa shape index (κ2) is 12.6. The molecule has 32 heavy (non-hydrogen) atoms. The van der Waals surface area contributed by atoms with Crippen molar-refractivity contribution in [2.45, 2.75) is 103 Å². The highest BCUT2D eigenvalue weighted by Crippen LogP contribution is 2.52. The van der Waals surface area contributed by atoms with Crippen molar-refractivity contribution in [2.75, 3.05) is 25.7 Å². The van der Waals surface area contributed by atoms with E-state index in [-0.39, 0.29) is 35.7 Å². The molecular weight excluding hydrogens is 430 g/mol. The minimum absolute atomic E-state index is 0.00316. The lowest BCUT2D eigenvalue weighted by Gasteiger charge is -2.43. The Hall–Kier alpha value is -0.830. The molecule has 0 aromatic carbocycles. The first-order valence-electron chi connectivity index (χ1n) is 12.0. The lowest BCUT2D eigenvalue weighted by molar-refractivity contribution is -0.182. The van der Waals surface area contributed by atoms with Crippen LogP contribution in [-0.2, 0) is 28.5 Å². The third-order valence-electron chi connectivity index (χ3n) is 6.70. The van der Waals surface area contributed by atoms with E-state index in [2.05, 4.69) is 26.1 Å². The monoisotopic (exact) mass is 473 g/mol. The van der Waals surface area contributed by atoms with Gasteiger partial charge < -0.3 is 24.3 Å². The van der Waals surface area contributed by atoms with E-state index >= 15 is 0 Å². The first kappa shape index (κ1) is 27.4. The summed E-state index contributed by atoms with van der Waals surface area (Å²) in [5.74, 6) is 0.726. The van der Waals surface area contributed by atoms with Gasteiger partial charge in [0.25, 0.3) is 0 Å². The highest BCUT2D eigenvalue weighted by Gasteiger charge is 2.64. The van der Waals surface area contributed by atoms with Crippen LogP contribution >= 0.6 is 11.8 Å². The fraction of sp³-hybridized carbons (Fsp3) is 0.917. The molecule has 7 atom stereocenters. The Bertz CT molecular complexity index is 617. The summed E-state index contributed by atoms with van der Waals surface area (Å²) >= 11 is 1.63. The summed E-state index contributed by atoms with van der Waals surface area (Å²) in [5.41, 5.74) is -0.351. The number of epoxide rings is 1. The van der Waals surface area contributed by atoms with Gasteiger partial charge in [0.15, 0.2) is 0 Å². The van der Waals surface area contributed by atoms with Crippen molar-refractivity contribution in [3.8, 4) is 0 Å². The van der Waals surface area contributed by atoms with Gasteiger partial charge in [0.1, 0.15) is 18.2 Å². The Morgan fingerprint density at radius 2 is 1.91 bits per heavy atom. The molecular formula is C24H43NO6S. The van der Waals surface area contributed by atoms with Crippen LogP contribution < -0.4 is 5.32 Å². The van der Waals surface area contributed by atoms with Gasteiger partial charge in [-0.25, -0.2) is 4.79 Å². The van der Waals surface area contributed by atoms with Crippen LogP contribution in [-0.4, -0.2) is 73.7 Å². The number of amides is 1. The van der Waals surface area contributed by atoms with Gasteiger partial charge in [-0.15, -0.1) is 0 Å². The molecule has 0 aromatic rings. The number of hydrogen-bond acceptors (Lipinski definition) is 7. The normalized spacial score (nSPS) is 33.1. The molecule has 2 fully saturated rings. The van der Waals surface area contributed by atoms with Crippen LogP contribution in [0.1, 0.15) is 66.7 Å². The summed E-state index contributed by atoms with van der Waals surface area (Å²) in [6, 6.07) is -0.646. The van der Waals surface area contributed by atoms with Crippen molar-refractivity contribution in [1.29, 1.82) is 0 Å². The van der Waals surface area contributed by atoms with Crippen LogP contribution in [0.4, 0.5) is 0 Å². The van der Waals surface area contributed by atoms with Crippen molar-refractivity contribution in [1.82, 2.24) is 5.32 Å². The number of ether oxygens (including phenoxy) is 4. The molecule has 1 saturated carbocycles. The largest absolute Gasteiger partial charge is 0.458 e. The lowest BCUT2D eigenvalue weighted by Crippen LogP contribution is -2.55. The zero-order valence-electron chi connectivity index (χ0n) is 20.8. The van der Waals surface area contributed by atoms with E-state index in [4.69, 9.17) is 18.9 Å². The van der Waals surface area contributed by atoms with Gasteiger partial charge in [-0.1, -0.05) is 13.8 Å². The summed E-state index contributed by atoms with van der Waals surface area (Å²) in [6.45, 7) is 10.6. The predicted octanol–water partition coefficient (Wildman–Crippen LogP) is 3.58. The minimum atomic E-state index is -0.646. The number of carbonyl (C=O) groups excluding carboxylic acids is 2.